The SMILES string of the molecule is FC(F)(F)COCC[SiH](Cl)Cl. The number of halogens is 5. The molecule has 0 rings (SSSR count). The summed E-state index contributed by atoms with van der Waals surface area (Å²) in [6, 6.07) is 0.346. The van der Waals surface area contributed by atoms with E-state index in [4.69, 9.17) is 22.2 Å². The molecule has 0 saturated heterocycles. The molecule has 0 bridgehead atoms. The molecule has 11 heavy (non-hydrogen) atoms. The van der Waals surface area contributed by atoms with Crippen molar-refractivity contribution in [2.45, 2.75) is 12.2 Å². The molecular weight excluding hydrogens is 220 g/mol. The van der Waals surface area contributed by atoms with Crippen molar-refractivity contribution in [3.8, 4) is 0 Å². The van der Waals surface area contributed by atoms with E-state index in [-0.39, 0.29) is 6.61 Å². The Kier molecular flexibility index (Phi) is 5.50. The smallest absolute Gasteiger partial charge is 0.372 e. The van der Waals surface area contributed by atoms with Crippen molar-refractivity contribution in [3.05, 3.63) is 0 Å². The van der Waals surface area contributed by atoms with Gasteiger partial charge in [0.05, 0.1) is 0 Å². The molecule has 1 nitrogen and oxygen atoms in total. The van der Waals surface area contributed by atoms with Gasteiger partial charge in [0.1, 0.15) is 6.61 Å². The molecule has 0 saturated carbocycles. The van der Waals surface area contributed by atoms with Crippen molar-refractivity contribution < 1.29 is 17.9 Å². The van der Waals surface area contributed by atoms with E-state index in [2.05, 4.69) is 4.74 Å². The average Bonchev–Trinajstić information content (AvgIpc) is 1.78. The predicted molar refractivity (Wildman–Crippen MR) is 40.5 cm³/mol. The Balaban J connectivity index is 3.15. The molecule has 0 aliphatic rings. The minimum Gasteiger partial charge on any atom is -0.372 e. The lowest BCUT2D eigenvalue weighted by atomic mass is 10.7. The Morgan fingerprint density at radius 1 is 1.27 bits per heavy atom. The molecular formula is C4H7Cl2F3OSi. The van der Waals surface area contributed by atoms with Crippen LogP contribution in [0.15, 0.2) is 0 Å². The fourth-order valence-corrected chi connectivity index (χ4v) is 1.24. The summed E-state index contributed by atoms with van der Waals surface area (Å²) in [6.45, 7) is -1.23. The molecule has 0 amide bonds. The minimum absolute atomic E-state index is 0.0105. The minimum atomic E-state index is -4.25. The summed E-state index contributed by atoms with van der Waals surface area (Å²) in [7, 11) is -1.80. The fourth-order valence-electron chi connectivity index (χ4n) is 0.360. The van der Waals surface area contributed by atoms with E-state index < -0.39 is 20.2 Å². The van der Waals surface area contributed by atoms with Gasteiger partial charge in [-0.25, -0.2) is 0 Å². The van der Waals surface area contributed by atoms with Gasteiger partial charge in [0.15, 0.2) is 0 Å². The van der Waals surface area contributed by atoms with Gasteiger partial charge in [-0.3, -0.25) is 0 Å². The van der Waals surface area contributed by atoms with Crippen LogP contribution in [0.5, 0.6) is 0 Å². The van der Waals surface area contributed by atoms with Crippen LogP contribution in [0.25, 0.3) is 0 Å². The molecule has 0 aliphatic heterocycles. The Morgan fingerprint density at radius 2 is 1.82 bits per heavy atom. The van der Waals surface area contributed by atoms with E-state index in [1.54, 1.807) is 0 Å². The average molecular weight is 227 g/mol. The summed E-state index contributed by atoms with van der Waals surface area (Å²) in [6.07, 6.45) is -4.25. The predicted octanol–water partition coefficient (Wildman–Crippen LogP) is 2.26. The molecule has 7 heteroatoms. The molecule has 0 aromatic heterocycles. The Bertz CT molecular complexity index is 108. The standard InChI is InChI=1S/C4H7Cl2F3OSi/c5-11(6)2-1-10-3-4(7,8)9/h11H,1-3H2. The zero-order chi connectivity index (χ0) is 8.91. The lowest BCUT2D eigenvalue weighted by Gasteiger charge is -2.06. The molecule has 0 atom stereocenters. The van der Waals surface area contributed by atoms with Crippen LogP contribution in [0.4, 0.5) is 13.2 Å². The Hall–Kier alpha value is 0.547. The molecule has 0 spiro atoms. The summed E-state index contributed by atoms with van der Waals surface area (Å²) in [4.78, 5) is 0. The van der Waals surface area contributed by atoms with Gasteiger partial charge in [0.25, 0.3) is 0 Å². The van der Waals surface area contributed by atoms with Gasteiger partial charge in [-0.1, -0.05) is 0 Å². The third-order valence-electron chi connectivity index (χ3n) is 0.746. The number of rotatable bonds is 4. The van der Waals surface area contributed by atoms with Crippen LogP contribution in [0.1, 0.15) is 0 Å². The first kappa shape index (κ1) is 11.5. The number of hydrogen-bond donors (Lipinski definition) is 0. The van der Waals surface area contributed by atoms with E-state index in [1.807, 2.05) is 0 Å². The highest BCUT2D eigenvalue weighted by molar-refractivity contribution is 7.33. The first-order valence-electron chi connectivity index (χ1n) is 2.84. The normalized spacial score (nSPS) is 12.5. The quantitative estimate of drug-likeness (QED) is 0.406. The maximum Gasteiger partial charge on any atom is 0.411 e. The molecule has 0 aliphatic carbocycles. The molecule has 0 unspecified atom stereocenters. The third-order valence-corrected chi connectivity index (χ3v) is 2.73. The molecule has 0 aromatic rings. The van der Waals surface area contributed by atoms with E-state index >= 15 is 0 Å². The van der Waals surface area contributed by atoms with Crippen LogP contribution in [0, 0.1) is 0 Å². The van der Waals surface area contributed by atoms with Crippen LogP contribution in [-0.2, 0) is 4.74 Å². The van der Waals surface area contributed by atoms with Crippen molar-refractivity contribution in [3.63, 3.8) is 0 Å². The second-order valence-electron chi connectivity index (χ2n) is 1.85. The number of ether oxygens (including phenoxy) is 1. The molecule has 0 N–H and O–H groups in total. The van der Waals surface area contributed by atoms with Crippen molar-refractivity contribution in [1.82, 2.24) is 0 Å². The van der Waals surface area contributed by atoms with E-state index in [1.165, 1.54) is 0 Å². The van der Waals surface area contributed by atoms with Crippen molar-refractivity contribution >= 4 is 29.6 Å². The zero-order valence-corrected chi connectivity index (χ0v) is 8.16. The molecule has 68 valence electrons. The van der Waals surface area contributed by atoms with Crippen LogP contribution < -0.4 is 0 Å². The fraction of sp³-hybridized carbons (Fsp3) is 1.00. The van der Waals surface area contributed by atoms with Gasteiger partial charge >= 0.3 is 6.18 Å². The van der Waals surface area contributed by atoms with Crippen LogP contribution >= 0.6 is 22.2 Å². The van der Waals surface area contributed by atoms with E-state index in [0.29, 0.717) is 6.04 Å². The summed E-state index contributed by atoms with van der Waals surface area (Å²) < 4.78 is 38.5. The van der Waals surface area contributed by atoms with E-state index in [0.717, 1.165) is 0 Å². The third kappa shape index (κ3) is 10.5. The maximum absolute atomic E-state index is 11.4. The number of alkyl halides is 3. The van der Waals surface area contributed by atoms with Gasteiger partial charge in [-0.15, -0.1) is 0 Å². The maximum atomic E-state index is 11.4. The van der Waals surface area contributed by atoms with Gasteiger partial charge in [0, 0.05) is 6.61 Å². The zero-order valence-electron chi connectivity index (χ0n) is 5.50. The topological polar surface area (TPSA) is 9.23 Å². The summed E-state index contributed by atoms with van der Waals surface area (Å²) in [5.74, 6) is 0. The molecule has 0 aromatic carbocycles. The molecule has 0 radical (unpaired) electrons. The first-order chi connectivity index (χ1) is 4.92. The number of hydrogen-bond acceptors (Lipinski definition) is 1. The molecule has 0 heterocycles. The summed E-state index contributed by atoms with van der Waals surface area (Å²) >= 11 is 10.7. The van der Waals surface area contributed by atoms with Crippen LogP contribution in [0.3, 0.4) is 0 Å². The van der Waals surface area contributed by atoms with Crippen molar-refractivity contribution in [2.24, 2.45) is 0 Å². The van der Waals surface area contributed by atoms with E-state index in [9.17, 15) is 13.2 Å². The van der Waals surface area contributed by atoms with Crippen molar-refractivity contribution in [2.75, 3.05) is 13.2 Å². The second-order valence-corrected chi connectivity index (χ2v) is 7.04. The summed E-state index contributed by atoms with van der Waals surface area (Å²) in [5, 5.41) is 0. The highest BCUT2D eigenvalue weighted by Gasteiger charge is 2.27. The Morgan fingerprint density at radius 3 is 2.18 bits per heavy atom. The van der Waals surface area contributed by atoms with Gasteiger partial charge in [-0.05, 0) is 6.04 Å². The second kappa shape index (κ2) is 5.24. The lowest BCUT2D eigenvalue weighted by Crippen LogP contribution is -2.18. The van der Waals surface area contributed by atoms with Crippen LogP contribution in [0.2, 0.25) is 6.04 Å². The first-order valence-corrected chi connectivity index (χ1v) is 7.15. The van der Waals surface area contributed by atoms with Crippen LogP contribution in [-0.4, -0.2) is 26.8 Å². The van der Waals surface area contributed by atoms with Gasteiger partial charge in [-0.2, -0.15) is 35.3 Å². The monoisotopic (exact) mass is 226 g/mol. The lowest BCUT2D eigenvalue weighted by molar-refractivity contribution is -0.172. The van der Waals surface area contributed by atoms with Gasteiger partial charge in [0.2, 0.25) is 7.42 Å². The Labute approximate surface area is 73.4 Å². The highest BCUT2D eigenvalue weighted by Crippen LogP contribution is 2.14. The highest BCUT2D eigenvalue weighted by atomic mass is 35.7. The van der Waals surface area contributed by atoms with Crippen molar-refractivity contribution in [1.29, 1.82) is 0 Å². The largest absolute Gasteiger partial charge is 0.411 e. The summed E-state index contributed by atoms with van der Waals surface area (Å²) in [5.41, 5.74) is 0. The van der Waals surface area contributed by atoms with Gasteiger partial charge < -0.3 is 4.74 Å². The molecule has 0 fully saturated rings.